The summed E-state index contributed by atoms with van der Waals surface area (Å²) in [5, 5.41) is 35.0. The maximum absolute atomic E-state index is 14.3. The molecule has 4 aromatic rings. The molecule has 2 saturated heterocycles. The van der Waals surface area contributed by atoms with E-state index in [1.165, 1.54) is 24.3 Å². The number of urea groups is 1. The Morgan fingerprint density at radius 3 is 1.92 bits per heavy atom. The molecule has 4 aliphatic rings. The molecule has 8 heterocycles. The van der Waals surface area contributed by atoms with Gasteiger partial charge in [0.15, 0.2) is 34.9 Å². The van der Waals surface area contributed by atoms with Gasteiger partial charge in [0, 0.05) is 74.9 Å². The fraction of sp³-hybridized carbons (Fsp3) is 0.646. The van der Waals surface area contributed by atoms with Crippen molar-refractivity contribution in [3.63, 3.8) is 0 Å². The van der Waals surface area contributed by atoms with Crippen molar-refractivity contribution in [2.45, 2.75) is 143 Å². The molecule has 3 amide bonds. The number of fused-ring (bicyclic) bond motifs is 2. The highest BCUT2D eigenvalue weighted by molar-refractivity contribution is 6.62. The lowest BCUT2D eigenvalue weighted by Gasteiger charge is -2.46. The number of carbonyl (C=O) groups is 3. The Bertz CT molecular complexity index is 2540. The summed E-state index contributed by atoms with van der Waals surface area (Å²) in [7, 11) is 4.19. The van der Waals surface area contributed by atoms with Crippen molar-refractivity contribution in [1.29, 1.82) is 0 Å². The molecule has 21 nitrogen and oxygen atoms in total. The molecule has 8 rings (SSSR count). The summed E-state index contributed by atoms with van der Waals surface area (Å²) in [4.78, 5) is 63.9. The first-order chi connectivity index (χ1) is 34.1. The van der Waals surface area contributed by atoms with Crippen molar-refractivity contribution >= 4 is 52.4 Å². The first-order valence-corrected chi connectivity index (χ1v) is 25.1. The van der Waals surface area contributed by atoms with E-state index in [0.29, 0.717) is 73.7 Å². The van der Waals surface area contributed by atoms with E-state index in [1.807, 2.05) is 51.5 Å². The molecule has 1 unspecified atom stereocenters. The second-order valence-corrected chi connectivity index (χ2v) is 20.2. The number of hydrogen-bond donors (Lipinski definition) is 5. The average molecular weight is 1030 g/mol. The first-order valence-electron chi connectivity index (χ1n) is 24.7. The average Bonchev–Trinajstić information content (AvgIpc) is 4.06. The zero-order chi connectivity index (χ0) is 52.8. The van der Waals surface area contributed by atoms with Crippen molar-refractivity contribution in [3.8, 4) is 0 Å². The fourth-order valence-electron chi connectivity index (χ4n) is 9.92. The summed E-state index contributed by atoms with van der Waals surface area (Å²) in [5.74, 6) is 1.24. The van der Waals surface area contributed by atoms with E-state index in [2.05, 4.69) is 69.6 Å². The van der Waals surface area contributed by atoms with E-state index < -0.39 is 34.2 Å². The number of H-pyrrole nitrogens is 1. The zero-order valence-electron chi connectivity index (χ0n) is 43.4. The third-order valence-electron chi connectivity index (χ3n) is 14.1. The van der Waals surface area contributed by atoms with Crippen LogP contribution in [0.15, 0.2) is 12.4 Å². The molecule has 5 N–H and O–H groups in total. The third kappa shape index (κ3) is 11.9. The number of likely N-dealkylation sites (tertiary alicyclic amines) is 1. The molecule has 72 heavy (non-hydrogen) atoms. The maximum atomic E-state index is 14.3. The predicted octanol–water partition coefficient (Wildman–Crippen LogP) is 6.83. The minimum atomic E-state index is -0.924. The minimum absolute atomic E-state index is 0.0467. The van der Waals surface area contributed by atoms with Gasteiger partial charge in [0.25, 0.3) is 0 Å². The molecular weight excluding hydrogens is 956 g/mol. The Morgan fingerprint density at radius 1 is 0.792 bits per heavy atom. The van der Waals surface area contributed by atoms with Gasteiger partial charge < -0.3 is 45.2 Å². The van der Waals surface area contributed by atoms with Gasteiger partial charge >= 0.3 is 17.5 Å². The number of amides is 3. The van der Waals surface area contributed by atoms with Crippen LogP contribution < -0.4 is 10.6 Å². The Kier molecular flexibility index (Phi) is 18.2. The number of aliphatic hydroxyl groups is 2. The van der Waals surface area contributed by atoms with Crippen molar-refractivity contribution < 1.29 is 38.1 Å². The standard InChI is InChI=1S/C22H33FN8O2.C17H20ClFN6O3.C9H19NO/c1-6-17-24-9-16(23)20(25-17)26-19-15-12-31(22(3,4)18(15)27-28-19)21(33)30-11-14(7-8-32)29(5)10-13(30)2;1-5-11-20-7-10(19)14(21-11)22-13-9-8-24(15(18)26)17(3,4)12(9)25(23-13)16(27)28-6-2;1-8-3-4-9(5-6-11)10(2)7-8/h9,13-14,32H,6-8,10-12H2,1-5H3,(H2,24,25,26,27,28);7H,5-6,8H2,1-4H3,(H,20,21,22,23);8-9,11H,3-7H2,1-2H3/t13-,14?;;8-,9+/m0.1/s1. The van der Waals surface area contributed by atoms with Crippen LogP contribution in [0, 0.1) is 17.6 Å². The number of hydrogen-bond acceptors (Lipinski definition) is 16. The maximum Gasteiger partial charge on any atom is 0.435 e. The number of halogens is 3. The summed E-state index contributed by atoms with van der Waals surface area (Å²) in [6, 6.07) is 0.744. The van der Waals surface area contributed by atoms with Crippen LogP contribution in [-0.2, 0) is 41.7 Å². The third-order valence-corrected chi connectivity index (χ3v) is 14.3. The van der Waals surface area contributed by atoms with Crippen LogP contribution in [0.2, 0.25) is 0 Å². The Morgan fingerprint density at radius 2 is 1.36 bits per heavy atom. The highest BCUT2D eigenvalue weighted by Crippen LogP contribution is 2.44. The fourth-order valence-corrected chi connectivity index (χ4v) is 10.2. The SMILES string of the molecule is CCOC(=O)n1nc(Nc2nc(CC)ncc2F)c2c1C(C)(C)N(C(=O)Cl)C2.CCc1ncc(F)c(Nc2n[nH]c3c2CN(C(=O)N2CC(CCO)N(C)C[C@@H]2C)C3(C)C)n1.C[C@@H]1CC[C@@H](CCO)N(C)C1. The highest BCUT2D eigenvalue weighted by atomic mass is 35.5. The number of anilines is 4. The number of ether oxygens (including phenoxy) is 1. The molecule has 0 bridgehead atoms. The van der Waals surface area contributed by atoms with Gasteiger partial charge in [-0.15, -0.1) is 5.10 Å². The molecule has 4 atom stereocenters. The summed E-state index contributed by atoms with van der Waals surface area (Å²) in [5.41, 5.74) is 1.06. The molecule has 396 valence electrons. The lowest BCUT2D eigenvalue weighted by molar-refractivity contribution is 0.0337. The topological polar surface area (TPSA) is 239 Å². The Balaban J connectivity index is 0.000000196. The van der Waals surface area contributed by atoms with E-state index in [1.54, 1.807) is 20.8 Å². The van der Waals surface area contributed by atoms with Crippen LogP contribution >= 0.6 is 11.6 Å². The van der Waals surface area contributed by atoms with Crippen molar-refractivity contribution in [1.82, 2.24) is 64.4 Å². The van der Waals surface area contributed by atoms with Crippen LogP contribution in [0.25, 0.3) is 0 Å². The molecule has 0 aliphatic carbocycles. The van der Waals surface area contributed by atoms with Crippen molar-refractivity contribution in [2.75, 3.05) is 64.2 Å². The lowest BCUT2D eigenvalue weighted by atomic mass is 9.93. The van der Waals surface area contributed by atoms with E-state index in [-0.39, 0.29) is 55.3 Å². The van der Waals surface area contributed by atoms with Gasteiger partial charge in [-0.25, -0.2) is 38.3 Å². The Labute approximate surface area is 425 Å². The van der Waals surface area contributed by atoms with E-state index in [4.69, 9.17) is 21.4 Å². The lowest BCUT2D eigenvalue weighted by Crippen LogP contribution is -2.61. The van der Waals surface area contributed by atoms with Gasteiger partial charge in [-0.2, -0.15) is 9.78 Å². The molecule has 0 radical (unpaired) electrons. The molecule has 2 fully saturated rings. The largest absolute Gasteiger partial charge is 0.448 e. The second kappa shape index (κ2) is 23.5. The van der Waals surface area contributed by atoms with Crippen LogP contribution in [0.5, 0.6) is 0 Å². The van der Waals surface area contributed by atoms with Crippen molar-refractivity contribution in [2.24, 2.45) is 5.92 Å². The summed E-state index contributed by atoms with van der Waals surface area (Å²) in [6.07, 6.45) is 6.78. The minimum Gasteiger partial charge on any atom is -0.448 e. The monoisotopic (exact) mass is 1030 g/mol. The smallest absolute Gasteiger partial charge is 0.435 e. The molecule has 24 heteroatoms. The molecular formula is C48H72ClF2N15O6. The van der Waals surface area contributed by atoms with Gasteiger partial charge in [0.1, 0.15) is 11.6 Å². The van der Waals surface area contributed by atoms with Crippen LogP contribution in [0.1, 0.15) is 122 Å². The van der Waals surface area contributed by atoms with Crippen LogP contribution in [-0.4, -0.2) is 164 Å². The van der Waals surface area contributed by atoms with Gasteiger partial charge in [0.2, 0.25) is 0 Å². The number of likely N-dealkylation sites (N-methyl/N-ethyl adjacent to an activating group) is 1. The molecule has 4 aromatic heterocycles. The number of piperidine rings is 1. The predicted molar refractivity (Wildman–Crippen MR) is 267 cm³/mol. The number of aromatic nitrogens is 8. The molecule has 4 aliphatic heterocycles. The number of aromatic amines is 1. The normalized spacial score (nSPS) is 21.2. The van der Waals surface area contributed by atoms with Crippen molar-refractivity contribution in [3.05, 3.63) is 58.2 Å². The van der Waals surface area contributed by atoms with E-state index >= 15 is 0 Å². The summed E-state index contributed by atoms with van der Waals surface area (Å²) in [6.45, 7) is 20.7. The van der Waals surface area contributed by atoms with Crippen LogP contribution in [0.4, 0.5) is 46.4 Å². The summed E-state index contributed by atoms with van der Waals surface area (Å²) < 4.78 is 34.6. The van der Waals surface area contributed by atoms with Gasteiger partial charge in [-0.05, 0) is 98.8 Å². The highest BCUT2D eigenvalue weighted by Gasteiger charge is 2.48. The Hall–Kier alpha value is -5.62. The number of nitrogens with one attached hydrogen (secondary N) is 3. The number of aryl methyl sites for hydroxylation is 2. The van der Waals surface area contributed by atoms with Gasteiger partial charge in [0.05, 0.1) is 54.6 Å². The van der Waals surface area contributed by atoms with E-state index in [9.17, 15) is 28.3 Å². The summed E-state index contributed by atoms with van der Waals surface area (Å²) >= 11 is 5.73. The van der Waals surface area contributed by atoms with E-state index in [0.717, 1.165) is 47.2 Å². The quantitative estimate of drug-likeness (QED) is 0.0764. The first kappa shape index (κ1) is 55.7. The van der Waals surface area contributed by atoms with Crippen LogP contribution in [0.3, 0.4) is 0 Å². The number of nitrogens with zero attached hydrogens (tertiary/aromatic N) is 12. The number of piperazine rings is 1. The molecule has 0 spiro atoms. The van der Waals surface area contributed by atoms with Gasteiger partial charge in [-0.3, -0.25) is 14.8 Å². The number of rotatable bonds is 11. The number of aliphatic hydroxyl groups excluding tert-OH is 2. The second-order valence-electron chi connectivity index (χ2n) is 19.9. The molecule has 0 aromatic carbocycles. The molecule has 0 saturated carbocycles. The number of carbonyl (C=O) groups excluding carboxylic acids is 3. The zero-order valence-corrected chi connectivity index (χ0v) is 44.1. The van der Waals surface area contributed by atoms with Gasteiger partial charge in [-0.1, -0.05) is 20.8 Å².